The highest BCUT2D eigenvalue weighted by Gasteiger charge is 2.17. The van der Waals surface area contributed by atoms with Crippen molar-refractivity contribution in [3.05, 3.63) is 82.7 Å². The Morgan fingerprint density at radius 2 is 1.88 bits per heavy atom. The first-order chi connectivity index (χ1) is 12.5. The Bertz CT molecular complexity index is 908. The molecule has 0 atom stereocenters. The molecule has 3 aromatic rings. The van der Waals surface area contributed by atoms with Gasteiger partial charge in [0.15, 0.2) is 18.9 Å². The van der Waals surface area contributed by atoms with E-state index in [9.17, 15) is 4.79 Å². The van der Waals surface area contributed by atoms with Gasteiger partial charge in [0.2, 0.25) is 0 Å². The maximum absolute atomic E-state index is 12.3. The van der Waals surface area contributed by atoms with Crippen LogP contribution >= 0.6 is 15.9 Å². The summed E-state index contributed by atoms with van der Waals surface area (Å²) in [6, 6.07) is 15.6. The Labute approximate surface area is 161 Å². The van der Waals surface area contributed by atoms with Crippen LogP contribution < -0.4 is 4.57 Å². The monoisotopic (exact) mass is 411 g/mol. The van der Waals surface area contributed by atoms with Gasteiger partial charge in [-0.1, -0.05) is 46.3 Å². The molecule has 26 heavy (non-hydrogen) atoms. The molecule has 0 spiro atoms. The topological polar surface area (TPSA) is 43.1 Å². The number of esters is 1. The highest BCUT2D eigenvalue weighted by molar-refractivity contribution is 9.10. The summed E-state index contributed by atoms with van der Waals surface area (Å²) in [4.78, 5) is 16.8. The first-order valence-electron chi connectivity index (χ1n) is 8.43. The van der Waals surface area contributed by atoms with Crippen LogP contribution in [0.2, 0.25) is 0 Å². The van der Waals surface area contributed by atoms with Crippen molar-refractivity contribution in [2.45, 2.75) is 26.5 Å². The number of ether oxygens (including phenoxy) is 1. The standard InChI is InChI=1S/C21H20BrN2O2/c1-15(2)26-21(25)19-6-4-3-5-17(19)13-24-12-11-23-20(14-24)16-7-9-18(22)10-8-16/h3-12,14-15H,13H2,1-2H3/q+1. The molecule has 1 aromatic heterocycles. The average molecular weight is 412 g/mol. The highest BCUT2D eigenvalue weighted by Crippen LogP contribution is 2.18. The lowest BCUT2D eigenvalue weighted by molar-refractivity contribution is -0.688. The van der Waals surface area contributed by atoms with Crippen LogP contribution in [0.4, 0.5) is 0 Å². The summed E-state index contributed by atoms with van der Waals surface area (Å²) in [5, 5.41) is 0. The van der Waals surface area contributed by atoms with Gasteiger partial charge in [0, 0.05) is 15.6 Å². The summed E-state index contributed by atoms with van der Waals surface area (Å²) >= 11 is 3.45. The van der Waals surface area contributed by atoms with Crippen LogP contribution in [0.1, 0.15) is 29.8 Å². The predicted octanol–water partition coefficient (Wildman–Crippen LogP) is 4.41. The lowest BCUT2D eigenvalue weighted by Gasteiger charge is -2.10. The van der Waals surface area contributed by atoms with Gasteiger partial charge < -0.3 is 4.74 Å². The van der Waals surface area contributed by atoms with Gasteiger partial charge >= 0.3 is 5.97 Å². The SMILES string of the molecule is CC(C)OC(=O)c1ccccc1C[n+]1ccnc(-c2ccc(Br)cc2)c1. The van der Waals surface area contributed by atoms with E-state index in [0.717, 1.165) is 21.3 Å². The number of carbonyl (C=O) groups is 1. The van der Waals surface area contributed by atoms with Crippen molar-refractivity contribution in [1.82, 2.24) is 4.98 Å². The van der Waals surface area contributed by atoms with E-state index in [1.54, 1.807) is 12.3 Å². The zero-order valence-electron chi connectivity index (χ0n) is 14.7. The molecule has 0 saturated heterocycles. The van der Waals surface area contributed by atoms with E-state index in [1.165, 1.54) is 0 Å². The molecule has 5 heteroatoms. The highest BCUT2D eigenvalue weighted by atomic mass is 79.9. The van der Waals surface area contributed by atoms with E-state index >= 15 is 0 Å². The fraction of sp³-hybridized carbons (Fsp3) is 0.190. The molecule has 3 rings (SSSR count). The molecule has 0 aliphatic heterocycles. The number of carbonyl (C=O) groups excluding carboxylic acids is 1. The molecule has 132 valence electrons. The molecule has 0 aliphatic rings. The first-order valence-corrected chi connectivity index (χ1v) is 9.22. The van der Waals surface area contributed by atoms with Crippen molar-refractivity contribution in [2.24, 2.45) is 0 Å². The fourth-order valence-electron chi connectivity index (χ4n) is 2.63. The van der Waals surface area contributed by atoms with Gasteiger partial charge in [-0.05, 0) is 32.0 Å². The zero-order chi connectivity index (χ0) is 18.5. The third-order valence-electron chi connectivity index (χ3n) is 3.83. The lowest BCUT2D eigenvalue weighted by atomic mass is 10.1. The summed E-state index contributed by atoms with van der Waals surface area (Å²) in [5.74, 6) is -0.293. The molecular weight excluding hydrogens is 392 g/mol. The Kier molecular flexibility index (Phi) is 5.78. The van der Waals surface area contributed by atoms with Crippen molar-refractivity contribution >= 4 is 21.9 Å². The average Bonchev–Trinajstić information content (AvgIpc) is 2.62. The van der Waals surface area contributed by atoms with E-state index in [1.807, 2.05) is 73.3 Å². The number of hydrogen-bond donors (Lipinski definition) is 0. The third-order valence-corrected chi connectivity index (χ3v) is 4.36. The van der Waals surface area contributed by atoms with Crippen molar-refractivity contribution < 1.29 is 14.1 Å². The van der Waals surface area contributed by atoms with Gasteiger partial charge in [0.1, 0.15) is 5.69 Å². The fourth-order valence-corrected chi connectivity index (χ4v) is 2.90. The number of halogens is 1. The van der Waals surface area contributed by atoms with Crippen LogP contribution in [0.25, 0.3) is 11.3 Å². The van der Waals surface area contributed by atoms with E-state index in [-0.39, 0.29) is 12.1 Å². The van der Waals surface area contributed by atoms with Crippen molar-refractivity contribution in [1.29, 1.82) is 0 Å². The maximum Gasteiger partial charge on any atom is 0.338 e. The second-order valence-corrected chi connectivity index (χ2v) is 7.15. The number of hydrogen-bond acceptors (Lipinski definition) is 3. The molecule has 0 aliphatic carbocycles. The second-order valence-electron chi connectivity index (χ2n) is 6.23. The summed E-state index contributed by atoms with van der Waals surface area (Å²) in [6.45, 7) is 4.26. The van der Waals surface area contributed by atoms with Gasteiger partial charge in [-0.15, -0.1) is 0 Å². The first kappa shape index (κ1) is 18.3. The summed E-state index contributed by atoms with van der Waals surface area (Å²) in [7, 11) is 0. The molecule has 1 heterocycles. The number of rotatable bonds is 5. The molecule has 0 amide bonds. The molecule has 0 N–H and O–H groups in total. The lowest BCUT2D eigenvalue weighted by Crippen LogP contribution is -2.34. The van der Waals surface area contributed by atoms with E-state index in [4.69, 9.17) is 4.74 Å². The van der Waals surface area contributed by atoms with Crippen LogP contribution in [0.3, 0.4) is 0 Å². The number of aromatic nitrogens is 2. The third kappa shape index (κ3) is 4.55. The Balaban J connectivity index is 1.87. The minimum Gasteiger partial charge on any atom is -0.459 e. The normalized spacial score (nSPS) is 10.8. The van der Waals surface area contributed by atoms with E-state index in [0.29, 0.717) is 12.1 Å². The predicted molar refractivity (Wildman–Crippen MR) is 104 cm³/mol. The molecule has 0 unspecified atom stereocenters. The van der Waals surface area contributed by atoms with E-state index in [2.05, 4.69) is 20.9 Å². The van der Waals surface area contributed by atoms with Gasteiger partial charge in [-0.2, -0.15) is 4.57 Å². The van der Waals surface area contributed by atoms with Crippen molar-refractivity contribution in [3.8, 4) is 11.3 Å². The molecule has 0 fully saturated rings. The zero-order valence-corrected chi connectivity index (χ0v) is 16.3. The van der Waals surface area contributed by atoms with Crippen LogP contribution in [0.15, 0.2) is 71.6 Å². The van der Waals surface area contributed by atoms with Crippen LogP contribution in [0, 0.1) is 0 Å². The summed E-state index contributed by atoms with van der Waals surface area (Å²) < 4.78 is 8.40. The van der Waals surface area contributed by atoms with E-state index < -0.39 is 0 Å². The van der Waals surface area contributed by atoms with Gasteiger partial charge in [0.05, 0.1) is 17.9 Å². The number of nitrogens with zero attached hydrogens (tertiary/aromatic N) is 2. The smallest absolute Gasteiger partial charge is 0.338 e. The number of benzene rings is 2. The minimum atomic E-state index is -0.293. The quantitative estimate of drug-likeness (QED) is 0.461. The van der Waals surface area contributed by atoms with Crippen molar-refractivity contribution in [3.63, 3.8) is 0 Å². The van der Waals surface area contributed by atoms with Crippen LogP contribution in [0.5, 0.6) is 0 Å². The largest absolute Gasteiger partial charge is 0.459 e. The Morgan fingerprint density at radius 1 is 1.15 bits per heavy atom. The minimum absolute atomic E-state index is 0.145. The van der Waals surface area contributed by atoms with Crippen LogP contribution in [-0.4, -0.2) is 17.1 Å². The van der Waals surface area contributed by atoms with Gasteiger partial charge in [0.25, 0.3) is 0 Å². The second kappa shape index (κ2) is 8.23. The summed E-state index contributed by atoms with van der Waals surface area (Å²) in [5.41, 5.74) is 3.42. The Morgan fingerprint density at radius 3 is 2.62 bits per heavy atom. The molecule has 0 saturated carbocycles. The molecular formula is C21H20BrN2O2+. The maximum atomic E-state index is 12.3. The molecule has 4 nitrogen and oxygen atoms in total. The Hall–Kier alpha value is -2.53. The van der Waals surface area contributed by atoms with Gasteiger partial charge in [-0.25, -0.2) is 9.78 Å². The molecule has 0 radical (unpaired) electrons. The van der Waals surface area contributed by atoms with Gasteiger partial charge in [-0.3, -0.25) is 0 Å². The molecule has 0 bridgehead atoms. The summed E-state index contributed by atoms with van der Waals surface area (Å²) in [6.07, 6.45) is 5.50. The van der Waals surface area contributed by atoms with Crippen LogP contribution in [-0.2, 0) is 11.3 Å². The molecule has 2 aromatic carbocycles. The van der Waals surface area contributed by atoms with Crippen molar-refractivity contribution in [2.75, 3.05) is 0 Å².